The first-order valence-corrected chi connectivity index (χ1v) is 9.24. The number of hydrogen-bond acceptors (Lipinski definition) is 4. The van der Waals surface area contributed by atoms with Gasteiger partial charge in [0.05, 0.1) is 5.69 Å². The fourth-order valence-corrected chi connectivity index (χ4v) is 3.10. The lowest BCUT2D eigenvalue weighted by atomic mass is 10.2. The third-order valence-electron chi connectivity index (χ3n) is 4.62. The lowest BCUT2D eigenvalue weighted by Gasteiger charge is -2.22. The van der Waals surface area contributed by atoms with Crippen LogP contribution in [0.15, 0.2) is 48.7 Å². The van der Waals surface area contributed by atoms with E-state index >= 15 is 0 Å². The van der Waals surface area contributed by atoms with Gasteiger partial charge in [0.1, 0.15) is 6.29 Å². The molecule has 4 heteroatoms. The number of pyridine rings is 1. The van der Waals surface area contributed by atoms with E-state index in [1.165, 1.54) is 31.4 Å². The van der Waals surface area contributed by atoms with Crippen LogP contribution < -0.4 is 5.32 Å². The van der Waals surface area contributed by atoms with E-state index in [1.807, 2.05) is 6.07 Å². The van der Waals surface area contributed by atoms with Crippen molar-refractivity contribution in [1.82, 2.24) is 15.2 Å². The SMILES string of the molecule is O=Cc1ccnc(CNCCCCN(Cc2ccccc2)C2CC2)c1. The van der Waals surface area contributed by atoms with E-state index in [1.54, 1.807) is 12.3 Å². The highest BCUT2D eigenvalue weighted by Crippen LogP contribution is 2.28. The number of nitrogens with zero attached hydrogens (tertiary/aromatic N) is 2. The molecule has 1 saturated carbocycles. The highest BCUT2D eigenvalue weighted by molar-refractivity contribution is 5.74. The number of aromatic nitrogens is 1. The van der Waals surface area contributed by atoms with Gasteiger partial charge in [0.15, 0.2) is 0 Å². The predicted octanol–water partition coefficient (Wildman–Crippen LogP) is 3.43. The van der Waals surface area contributed by atoms with Crippen molar-refractivity contribution in [2.75, 3.05) is 13.1 Å². The van der Waals surface area contributed by atoms with Crippen LogP contribution in [0.25, 0.3) is 0 Å². The molecule has 0 saturated heterocycles. The molecule has 1 aromatic heterocycles. The molecule has 0 unspecified atom stereocenters. The second kappa shape index (κ2) is 9.44. The van der Waals surface area contributed by atoms with Gasteiger partial charge in [0.25, 0.3) is 0 Å². The van der Waals surface area contributed by atoms with Gasteiger partial charge in [-0.1, -0.05) is 30.3 Å². The lowest BCUT2D eigenvalue weighted by Crippen LogP contribution is -2.27. The minimum Gasteiger partial charge on any atom is -0.311 e. The Bertz CT molecular complexity index is 655. The summed E-state index contributed by atoms with van der Waals surface area (Å²) in [5.41, 5.74) is 3.02. The highest BCUT2D eigenvalue weighted by Gasteiger charge is 2.28. The van der Waals surface area contributed by atoms with Crippen molar-refractivity contribution < 1.29 is 4.79 Å². The molecule has 132 valence electrons. The Morgan fingerprint density at radius 2 is 2.00 bits per heavy atom. The quantitative estimate of drug-likeness (QED) is 0.504. The van der Waals surface area contributed by atoms with Gasteiger partial charge in [0.2, 0.25) is 0 Å². The third kappa shape index (κ3) is 6.07. The topological polar surface area (TPSA) is 45.2 Å². The van der Waals surface area contributed by atoms with E-state index in [2.05, 4.69) is 45.5 Å². The summed E-state index contributed by atoms with van der Waals surface area (Å²) in [6, 6.07) is 15.1. The van der Waals surface area contributed by atoms with Crippen molar-refractivity contribution in [3.63, 3.8) is 0 Å². The second-order valence-electron chi connectivity index (χ2n) is 6.77. The first kappa shape index (κ1) is 17.8. The maximum Gasteiger partial charge on any atom is 0.150 e. The number of rotatable bonds is 11. The molecule has 0 atom stereocenters. The Morgan fingerprint density at radius 3 is 2.76 bits per heavy atom. The number of carbonyl (C=O) groups is 1. The van der Waals surface area contributed by atoms with Crippen LogP contribution in [0, 0.1) is 0 Å². The molecule has 1 N–H and O–H groups in total. The van der Waals surface area contributed by atoms with E-state index in [-0.39, 0.29) is 0 Å². The molecule has 1 aliphatic rings. The molecule has 0 aliphatic heterocycles. The average Bonchev–Trinajstić information content (AvgIpc) is 3.50. The Labute approximate surface area is 150 Å². The van der Waals surface area contributed by atoms with Crippen molar-refractivity contribution in [3.05, 3.63) is 65.5 Å². The van der Waals surface area contributed by atoms with E-state index in [0.29, 0.717) is 5.56 Å². The fourth-order valence-electron chi connectivity index (χ4n) is 3.10. The minimum absolute atomic E-state index is 0.688. The van der Waals surface area contributed by atoms with Crippen LogP contribution in [0.3, 0.4) is 0 Å². The van der Waals surface area contributed by atoms with Crippen molar-refractivity contribution in [2.24, 2.45) is 0 Å². The first-order chi connectivity index (χ1) is 12.3. The van der Waals surface area contributed by atoms with Gasteiger partial charge in [-0.15, -0.1) is 0 Å². The first-order valence-electron chi connectivity index (χ1n) is 9.24. The van der Waals surface area contributed by atoms with Gasteiger partial charge in [-0.05, 0) is 56.5 Å². The lowest BCUT2D eigenvalue weighted by molar-refractivity contribution is 0.112. The number of benzene rings is 1. The number of hydrogen-bond donors (Lipinski definition) is 1. The van der Waals surface area contributed by atoms with Crippen molar-refractivity contribution in [3.8, 4) is 0 Å². The Balaban J connectivity index is 1.33. The van der Waals surface area contributed by atoms with Crippen LogP contribution in [-0.4, -0.2) is 35.3 Å². The van der Waals surface area contributed by atoms with Crippen LogP contribution >= 0.6 is 0 Å². The van der Waals surface area contributed by atoms with Crippen LogP contribution in [0.5, 0.6) is 0 Å². The zero-order valence-electron chi connectivity index (χ0n) is 14.7. The molecule has 1 aliphatic carbocycles. The Hall–Kier alpha value is -2.04. The second-order valence-corrected chi connectivity index (χ2v) is 6.77. The van der Waals surface area contributed by atoms with Crippen molar-refractivity contribution in [2.45, 2.75) is 44.8 Å². The largest absolute Gasteiger partial charge is 0.311 e. The zero-order valence-corrected chi connectivity index (χ0v) is 14.7. The van der Waals surface area contributed by atoms with Gasteiger partial charge < -0.3 is 5.32 Å². The molecule has 2 aromatic rings. The molecule has 1 heterocycles. The number of aldehydes is 1. The maximum absolute atomic E-state index is 10.8. The summed E-state index contributed by atoms with van der Waals surface area (Å²) in [5, 5.41) is 3.42. The van der Waals surface area contributed by atoms with Gasteiger partial charge in [-0.3, -0.25) is 14.7 Å². The van der Waals surface area contributed by atoms with Gasteiger partial charge >= 0.3 is 0 Å². The van der Waals surface area contributed by atoms with Gasteiger partial charge in [-0.2, -0.15) is 0 Å². The van der Waals surface area contributed by atoms with Gasteiger partial charge in [-0.25, -0.2) is 0 Å². The smallest absolute Gasteiger partial charge is 0.150 e. The molecular formula is C21H27N3O. The van der Waals surface area contributed by atoms with Crippen molar-refractivity contribution in [1.29, 1.82) is 0 Å². The molecule has 4 nitrogen and oxygen atoms in total. The van der Waals surface area contributed by atoms with E-state index < -0.39 is 0 Å². The summed E-state index contributed by atoms with van der Waals surface area (Å²) in [4.78, 5) is 17.7. The number of nitrogens with one attached hydrogen (secondary N) is 1. The number of carbonyl (C=O) groups excluding carboxylic acids is 1. The van der Waals surface area contributed by atoms with Gasteiger partial charge in [0, 0.05) is 30.9 Å². The van der Waals surface area contributed by atoms with Crippen LogP contribution in [-0.2, 0) is 13.1 Å². The van der Waals surface area contributed by atoms with E-state index in [0.717, 1.165) is 44.1 Å². The Morgan fingerprint density at radius 1 is 1.16 bits per heavy atom. The van der Waals surface area contributed by atoms with Crippen LogP contribution in [0.4, 0.5) is 0 Å². The molecular weight excluding hydrogens is 310 g/mol. The average molecular weight is 337 g/mol. The van der Waals surface area contributed by atoms with E-state index in [4.69, 9.17) is 0 Å². The molecule has 0 spiro atoms. The molecule has 0 radical (unpaired) electrons. The van der Waals surface area contributed by atoms with Crippen molar-refractivity contribution >= 4 is 6.29 Å². The summed E-state index contributed by atoms with van der Waals surface area (Å²) in [6.07, 6.45) is 7.62. The summed E-state index contributed by atoms with van der Waals surface area (Å²) in [7, 11) is 0. The summed E-state index contributed by atoms with van der Waals surface area (Å²) in [6.45, 7) is 3.94. The molecule has 25 heavy (non-hydrogen) atoms. The summed E-state index contributed by atoms with van der Waals surface area (Å²) >= 11 is 0. The Kier molecular flexibility index (Phi) is 6.71. The third-order valence-corrected chi connectivity index (χ3v) is 4.62. The normalized spacial score (nSPS) is 14.0. The van der Waals surface area contributed by atoms with E-state index in [9.17, 15) is 4.79 Å². The van der Waals surface area contributed by atoms with Crippen LogP contribution in [0.2, 0.25) is 0 Å². The molecule has 1 aromatic carbocycles. The zero-order chi connectivity index (χ0) is 17.3. The standard InChI is InChI=1S/C21H27N3O/c25-17-19-10-12-23-20(14-19)15-22-11-4-5-13-24(21-8-9-21)16-18-6-2-1-3-7-18/h1-3,6-7,10,12,14,17,21-22H,4-5,8-9,11,13,15-16H2. The molecule has 3 rings (SSSR count). The molecule has 1 fully saturated rings. The number of unbranched alkanes of at least 4 members (excludes halogenated alkanes) is 1. The highest BCUT2D eigenvalue weighted by atomic mass is 16.1. The monoisotopic (exact) mass is 337 g/mol. The maximum atomic E-state index is 10.8. The molecule has 0 amide bonds. The molecule has 0 bridgehead atoms. The predicted molar refractivity (Wildman–Crippen MR) is 100 cm³/mol. The summed E-state index contributed by atoms with van der Waals surface area (Å²) in [5.74, 6) is 0. The fraction of sp³-hybridized carbons (Fsp3) is 0.429. The minimum atomic E-state index is 0.688. The summed E-state index contributed by atoms with van der Waals surface area (Å²) < 4.78 is 0. The van der Waals surface area contributed by atoms with Crippen LogP contribution in [0.1, 0.15) is 47.3 Å².